The maximum absolute atomic E-state index is 11.5. The van der Waals surface area contributed by atoms with Crippen molar-refractivity contribution in [3.63, 3.8) is 0 Å². The first-order valence-corrected chi connectivity index (χ1v) is 11.3. The lowest BCUT2D eigenvalue weighted by atomic mass is 9.78. The summed E-state index contributed by atoms with van der Waals surface area (Å²) in [7, 11) is -3.31. The Morgan fingerprint density at radius 3 is 1.85 bits per heavy atom. The van der Waals surface area contributed by atoms with Crippen molar-refractivity contribution in [2.75, 3.05) is 6.26 Å². The van der Waals surface area contributed by atoms with Gasteiger partial charge in [0, 0.05) is 12.7 Å². The summed E-state index contributed by atoms with van der Waals surface area (Å²) in [5.41, 5.74) is 2.61. The van der Waals surface area contributed by atoms with Gasteiger partial charge in [0.2, 0.25) is 14.2 Å². The molecule has 0 bridgehead atoms. The highest BCUT2D eigenvalue weighted by Gasteiger charge is 2.26. The van der Waals surface area contributed by atoms with Crippen molar-refractivity contribution >= 4 is 21.2 Å². The second-order valence-corrected chi connectivity index (χ2v) is 12.0. The zero-order valence-corrected chi connectivity index (χ0v) is 18.2. The fourth-order valence-corrected chi connectivity index (χ4v) is 4.37. The Balaban J connectivity index is 2.36. The van der Waals surface area contributed by atoms with E-state index in [0.717, 1.165) is 34.3 Å². The van der Waals surface area contributed by atoms with Crippen molar-refractivity contribution in [2.24, 2.45) is 0 Å². The van der Waals surface area contributed by atoms with Crippen LogP contribution in [0.3, 0.4) is 0 Å². The Hall–Kier alpha value is -1.47. The van der Waals surface area contributed by atoms with Crippen molar-refractivity contribution < 1.29 is 13.5 Å². The molecule has 0 fully saturated rings. The Morgan fingerprint density at radius 2 is 1.46 bits per heavy atom. The molecule has 0 aliphatic carbocycles. The third-order valence-corrected chi connectivity index (χ3v) is 6.83. The van der Waals surface area contributed by atoms with Gasteiger partial charge in [-0.3, -0.25) is 0 Å². The lowest BCUT2D eigenvalue weighted by Crippen LogP contribution is -2.18. The quantitative estimate of drug-likeness (QED) is 0.844. The van der Waals surface area contributed by atoms with Crippen LogP contribution in [0.4, 0.5) is 0 Å². The highest BCUT2D eigenvalue weighted by molar-refractivity contribution is 7.92. The molecule has 5 nitrogen and oxygen atoms in total. The lowest BCUT2D eigenvalue weighted by molar-refractivity contribution is 0.422. The molecule has 1 N–H and O–H groups in total. The molecule has 0 radical (unpaired) electrons. The van der Waals surface area contributed by atoms with Crippen molar-refractivity contribution in [2.45, 2.75) is 69.6 Å². The zero-order valence-electron chi connectivity index (χ0n) is 16.5. The number of nitrogens with zero attached hydrogens (tertiary/aromatic N) is 2. The molecule has 144 valence electrons. The summed E-state index contributed by atoms with van der Waals surface area (Å²) >= 11 is 1.12. The molecule has 0 aliphatic heterocycles. The van der Waals surface area contributed by atoms with Gasteiger partial charge in [-0.2, -0.15) is 0 Å². The van der Waals surface area contributed by atoms with Gasteiger partial charge >= 0.3 is 0 Å². The number of aromatic hydroxyl groups is 1. The fourth-order valence-electron chi connectivity index (χ4n) is 2.72. The number of phenols is 1. The molecule has 26 heavy (non-hydrogen) atoms. The third-order valence-electron chi connectivity index (χ3n) is 4.18. The van der Waals surface area contributed by atoms with Crippen molar-refractivity contribution in [3.8, 4) is 5.75 Å². The Kier molecular flexibility index (Phi) is 5.55. The predicted molar refractivity (Wildman–Crippen MR) is 106 cm³/mol. The molecule has 0 spiro atoms. The largest absolute Gasteiger partial charge is 0.507 e. The number of phenolic OH excluding ortho intramolecular Hbond substituents is 1. The minimum atomic E-state index is -3.31. The molecule has 2 aromatic rings. The average molecular weight is 397 g/mol. The highest BCUT2D eigenvalue weighted by atomic mass is 32.2. The average Bonchev–Trinajstić information content (AvgIpc) is 2.92. The normalized spacial score (nSPS) is 13.2. The predicted octanol–water partition coefficient (Wildman–Crippen LogP) is 4.03. The first-order valence-electron chi connectivity index (χ1n) is 8.59. The molecular weight excluding hydrogens is 368 g/mol. The van der Waals surface area contributed by atoms with Crippen LogP contribution < -0.4 is 0 Å². The van der Waals surface area contributed by atoms with Gasteiger partial charge in [-0.15, -0.1) is 10.2 Å². The smallest absolute Gasteiger partial charge is 0.232 e. The van der Waals surface area contributed by atoms with Gasteiger partial charge in [0.15, 0.2) is 0 Å². The first kappa shape index (κ1) is 20.8. The maximum atomic E-state index is 11.5. The van der Waals surface area contributed by atoms with Crippen LogP contribution in [0.25, 0.3) is 0 Å². The van der Waals surface area contributed by atoms with Crippen LogP contribution in [0.2, 0.25) is 0 Å². The minimum absolute atomic E-state index is 0.0592. The molecular formula is C19H28N2O3S2. The number of benzene rings is 1. The van der Waals surface area contributed by atoms with Crippen LogP contribution in [-0.2, 0) is 33.5 Å². The van der Waals surface area contributed by atoms with Gasteiger partial charge in [-0.25, -0.2) is 8.42 Å². The number of hydrogen-bond acceptors (Lipinski definition) is 6. The molecule has 1 heterocycles. The highest BCUT2D eigenvalue weighted by Crippen LogP contribution is 2.40. The molecule has 0 atom stereocenters. The molecule has 0 saturated carbocycles. The number of sulfone groups is 1. The molecule has 0 amide bonds. The molecule has 0 saturated heterocycles. The van der Waals surface area contributed by atoms with Crippen molar-refractivity contribution in [1.29, 1.82) is 0 Å². The second kappa shape index (κ2) is 6.93. The van der Waals surface area contributed by atoms with E-state index in [1.54, 1.807) is 0 Å². The Morgan fingerprint density at radius 1 is 0.962 bits per heavy atom. The summed E-state index contributed by atoms with van der Waals surface area (Å²) in [4.78, 5) is 0. The van der Waals surface area contributed by atoms with E-state index in [0.29, 0.717) is 23.6 Å². The van der Waals surface area contributed by atoms with Crippen molar-refractivity contribution in [1.82, 2.24) is 10.2 Å². The van der Waals surface area contributed by atoms with E-state index in [1.807, 2.05) is 12.1 Å². The summed E-state index contributed by atoms with van der Waals surface area (Å²) in [6.45, 7) is 12.5. The number of hydrogen-bond donors (Lipinski definition) is 1. The van der Waals surface area contributed by atoms with E-state index in [-0.39, 0.29) is 15.2 Å². The minimum Gasteiger partial charge on any atom is -0.507 e. The summed E-state index contributed by atoms with van der Waals surface area (Å²) in [5, 5.41) is 19.2. The van der Waals surface area contributed by atoms with Crippen LogP contribution >= 0.6 is 11.3 Å². The number of aryl methyl sites for hydroxylation is 2. The van der Waals surface area contributed by atoms with E-state index in [1.165, 1.54) is 0 Å². The lowest BCUT2D eigenvalue weighted by Gasteiger charge is -2.28. The van der Waals surface area contributed by atoms with Crippen LogP contribution in [0.1, 0.15) is 63.2 Å². The standard InChI is InChI=1S/C19H28N2O3S2/c1-18(2,3)13-10-12(11-14(16(13)22)19(4,5)6)8-9-15-20-21-17(25-15)26(7,23)24/h10-11,22H,8-9H2,1-7H3. The summed E-state index contributed by atoms with van der Waals surface area (Å²) in [6.07, 6.45) is 2.47. The number of rotatable bonds is 4. The molecule has 2 rings (SSSR count). The van der Waals surface area contributed by atoms with Gasteiger partial charge in [-0.1, -0.05) is 65.0 Å². The van der Waals surface area contributed by atoms with Gasteiger partial charge in [0.05, 0.1) is 0 Å². The topological polar surface area (TPSA) is 80.2 Å². The van der Waals surface area contributed by atoms with Gasteiger partial charge in [0.1, 0.15) is 10.8 Å². The molecule has 1 aromatic carbocycles. The molecule has 1 aromatic heterocycles. The Labute approximate surface area is 160 Å². The summed E-state index contributed by atoms with van der Waals surface area (Å²) in [5.74, 6) is 0.365. The van der Waals surface area contributed by atoms with Crippen LogP contribution in [0, 0.1) is 0 Å². The van der Waals surface area contributed by atoms with E-state index >= 15 is 0 Å². The molecule has 0 unspecified atom stereocenters. The SMILES string of the molecule is CC(C)(C)c1cc(CCc2nnc(S(C)(=O)=O)s2)cc(C(C)(C)C)c1O. The van der Waals surface area contributed by atoms with Crippen LogP contribution in [0.5, 0.6) is 5.75 Å². The van der Waals surface area contributed by atoms with Crippen LogP contribution in [-0.4, -0.2) is 30.0 Å². The Bertz CT molecular complexity index is 867. The molecule has 7 heteroatoms. The number of aromatic nitrogens is 2. The maximum Gasteiger partial charge on any atom is 0.232 e. The zero-order chi connectivity index (χ0) is 19.9. The van der Waals surface area contributed by atoms with Crippen LogP contribution in [0.15, 0.2) is 16.5 Å². The monoisotopic (exact) mass is 396 g/mol. The first-order chi connectivity index (χ1) is 11.7. The van der Waals surface area contributed by atoms with Gasteiger partial charge in [-0.05, 0) is 33.9 Å². The van der Waals surface area contributed by atoms with Gasteiger partial charge in [0.25, 0.3) is 0 Å². The molecule has 0 aliphatic rings. The van der Waals surface area contributed by atoms with Crippen molar-refractivity contribution in [3.05, 3.63) is 33.8 Å². The van der Waals surface area contributed by atoms with E-state index < -0.39 is 9.84 Å². The summed E-state index contributed by atoms with van der Waals surface area (Å²) < 4.78 is 23.2. The second-order valence-electron chi connectivity index (χ2n) is 8.77. The van der Waals surface area contributed by atoms with E-state index in [4.69, 9.17) is 0 Å². The summed E-state index contributed by atoms with van der Waals surface area (Å²) in [6, 6.07) is 4.09. The third kappa shape index (κ3) is 4.82. The van der Waals surface area contributed by atoms with E-state index in [9.17, 15) is 13.5 Å². The van der Waals surface area contributed by atoms with E-state index in [2.05, 4.69) is 51.7 Å². The van der Waals surface area contributed by atoms with Gasteiger partial charge < -0.3 is 5.11 Å². The fraction of sp³-hybridized carbons (Fsp3) is 0.579.